The number of hydrogen-bond acceptors (Lipinski definition) is 4. The van der Waals surface area contributed by atoms with E-state index in [1.807, 2.05) is 4.57 Å². The molecule has 0 aromatic carbocycles. The van der Waals surface area contributed by atoms with E-state index >= 15 is 0 Å². The summed E-state index contributed by atoms with van der Waals surface area (Å²) in [7, 11) is 0. The second kappa shape index (κ2) is 7.76. The number of fused-ring (bicyclic) bond motifs is 1. The monoisotopic (exact) mass is 348 g/mol. The van der Waals surface area contributed by atoms with Crippen molar-refractivity contribution in [1.29, 1.82) is 0 Å². The zero-order valence-electron chi connectivity index (χ0n) is 15.0. The molecule has 7 nitrogen and oxygen atoms in total. The van der Waals surface area contributed by atoms with Gasteiger partial charge in [-0.05, 0) is 33.1 Å². The summed E-state index contributed by atoms with van der Waals surface area (Å²) in [6, 6.07) is 0. The highest BCUT2D eigenvalue weighted by molar-refractivity contribution is 5.76. The van der Waals surface area contributed by atoms with E-state index in [1.54, 1.807) is 13.8 Å². The number of anilines is 1. The Bertz CT molecular complexity index is 1040. The zero-order chi connectivity index (χ0) is 18.5. The van der Waals surface area contributed by atoms with Gasteiger partial charge in [0.2, 0.25) is 11.6 Å². The van der Waals surface area contributed by atoms with Crippen LogP contribution >= 0.6 is 0 Å². The van der Waals surface area contributed by atoms with Gasteiger partial charge in [0.05, 0.1) is 6.54 Å². The molecular weight excluding hydrogens is 328 g/mol. The third-order valence-corrected chi connectivity index (χ3v) is 4.39. The number of hydrogen-bond donors (Lipinski definition) is 0. The quantitative estimate of drug-likeness (QED) is 0.630. The van der Waals surface area contributed by atoms with Crippen LogP contribution in [0.25, 0.3) is 16.0 Å². The van der Waals surface area contributed by atoms with Crippen molar-refractivity contribution >= 4 is 23.1 Å². The van der Waals surface area contributed by atoms with Crippen LogP contribution in [0.1, 0.15) is 33.1 Å². The summed E-state index contributed by atoms with van der Waals surface area (Å²) in [5, 5.41) is 0. The summed E-state index contributed by atoms with van der Waals surface area (Å²) in [5.41, 5.74) is 0.399. The first-order valence-electron chi connectivity index (χ1n) is 8.64. The highest BCUT2D eigenvalue weighted by atomic mass is 16.1. The van der Waals surface area contributed by atoms with Crippen molar-refractivity contribution in [3.8, 4) is 23.7 Å². The Morgan fingerprint density at radius 1 is 1.04 bits per heavy atom. The van der Waals surface area contributed by atoms with Gasteiger partial charge in [-0.2, -0.15) is 4.98 Å². The van der Waals surface area contributed by atoms with E-state index in [9.17, 15) is 4.79 Å². The van der Waals surface area contributed by atoms with E-state index in [-0.39, 0.29) is 18.1 Å². The fraction of sp³-hybridized carbons (Fsp3) is 0.474. The molecule has 3 rings (SSSR count). The van der Waals surface area contributed by atoms with Gasteiger partial charge in [-0.25, -0.2) is 9.36 Å². The summed E-state index contributed by atoms with van der Waals surface area (Å²) >= 11 is 0. The lowest BCUT2D eigenvalue weighted by atomic mass is 10.1. The molecule has 132 valence electrons. The van der Waals surface area contributed by atoms with Gasteiger partial charge in [-0.3, -0.25) is 4.57 Å². The van der Waals surface area contributed by atoms with E-state index < -0.39 is 0 Å². The summed E-state index contributed by atoms with van der Waals surface area (Å²) in [6.45, 7) is 13.1. The highest BCUT2D eigenvalue weighted by Crippen LogP contribution is 2.24. The molecule has 0 radical (unpaired) electrons. The molecule has 0 bridgehead atoms. The lowest BCUT2D eigenvalue weighted by Crippen LogP contribution is -2.32. The molecule has 1 saturated heterocycles. The second-order valence-corrected chi connectivity index (χ2v) is 5.99. The molecule has 7 heteroatoms. The smallest absolute Gasteiger partial charge is 0.344 e. The maximum Gasteiger partial charge on any atom is 0.344 e. The SMILES string of the molecule is [C-]#[N+]c1nc2nc(N3CCCCC3)n(CC#CC)c2c(=O)n1CC#CC. The van der Waals surface area contributed by atoms with Gasteiger partial charge < -0.3 is 9.74 Å². The minimum absolute atomic E-state index is 0.0154. The second-order valence-electron chi connectivity index (χ2n) is 5.99. The Balaban J connectivity index is 2.26. The number of aromatic nitrogens is 4. The molecule has 0 N–H and O–H groups in total. The van der Waals surface area contributed by atoms with Crippen LogP contribution in [0.4, 0.5) is 11.9 Å². The number of nitrogens with zero attached hydrogens (tertiary/aromatic N) is 6. The summed E-state index contributed by atoms with van der Waals surface area (Å²) in [5.74, 6) is 12.2. The zero-order valence-corrected chi connectivity index (χ0v) is 15.0. The van der Waals surface area contributed by atoms with Gasteiger partial charge in [-0.15, -0.1) is 23.4 Å². The first-order chi connectivity index (χ1) is 12.7. The van der Waals surface area contributed by atoms with Crippen molar-refractivity contribution < 1.29 is 0 Å². The molecule has 3 heterocycles. The molecule has 1 fully saturated rings. The fourth-order valence-electron chi connectivity index (χ4n) is 3.12. The number of imidazole rings is 1. The summed E-state index contributed by atoms with van der Waals surface area (Å²) in [4.78, 5) is 27.6. The van der Waals surface area contributed by atoms with Crippen LogP contribution < -0.4 is 10.5 Å². The molecule has 0 spiro atoms. The van der Waals surface area contributed by atoms with Crippen LogP contribution in [-0.2, 0) is 13.1 Å². The largest absolute Gasteiger partial charge is 0.396 e. The maximum absolute atomic E-state index is 13.1. The first kappa shape index (κ1) is 17.6. The van der Waals surface area contributed by atoms with Crippen molar-refractivity contribution in [2.75, 3.05) is 18.0 Å². The van der Waals surface area contributed by atoms with Crippen molar-refractivity contribution in [2.45, 2.75) is 46.2 Å². The van der Waals surface area contributed by atoms with Gasteiger partial charge in [0.25, 0.3) is 0 Å². The Morgan fingerprint density at radius 2 is 1.69 bits per heavy atom. The van der Waals surface area contributed by atoms with Crippen LogP contribution in [0, 0.1) is 30.3 Å². The van der Waals surface area contributed by atoms with E-state index in [2.05, 4.69) is 43.4 Å². The van der Waals surface area contributed by atoms with Crippen molar-refractivity contribution in [3.05, 3.63) is 21.8 Å². The van der Waals surface area contributed by atoms with Gasteiger partial charge in [-0.1, -0.05) is 11.8 Å². The van der Waals surface area contributed by atoms with E-state index in [4.69, 9.17) is 6.57 Å². The minimum atomic E-state index is -0.294. The summed E-state index contributed by atoms with van der Waals surface area (Å²) < 4.78 is 3.14. The standard InChI is InChI=1S/C19H20N6O/c1-4-6-13-24-15-16(22-19(24)23-11-9-8-10-12-23)21-18(20-3)25(17(15)26)14-7-5-2/h8-14H2,1-2H3. The molecular formula is C19H20N6O. The van der Waals surface area contributed by atoms with E-state index in [0.29, 0.717) is 23.7 Å². The average Bonchev–Trinajstić information content (AvgIpc) is 3.04. The third-order valence-electron chi connectivity index (χ3n) is 4.39. The van der Waals surface area contributed by atoms with Crippen LogP contribution in [0.2, 0.25) is 0 Å². The molecule has 2 aromatic heterocycles. The van der Waals surface area contributed by atoms with Crippen molar-refractivity contribution in [3.63, 3.8) is 0 Å². The number of rotatable bonds is 3. The molecule has 0 aliphatic carbocycles. The molecule has 26 heavy (non-hydrogen) atoms. The first-order valence-corrected chi connectivity index (χ1v) is 8.64. The van der Waals surface area contributed by atoms with Crippen LogP contribution in [0.15, 0.2) is 4.79 Å². The molecule has 0 amide bonds. The maximum atomic E-state index is 13.1. The normalized spacial score (nSPS) is 13.5. The van der Waals surface area contributed by atoms with Crippen LogP contribution in [0.5, 0.6) is 0 Å². The van der Waals surface area contributed by atoms with Crippen molar-refractivity contribution in [1.82, 2.24) is 19.1 Å². The lowest BCUT2D eigenvalue weighted by molar-refractivity contribution is 0.561. The molecule has 2 aromatic rings. The van der Waals surface area contributed by atoms with E-state index in [0.717, 1.165) is 25.9 Å². The Hall–Kier alpha value is -3.24. The molecule has 0 saturated carbocycles. The molecule has 0 atom stereocenters. The van der Waals surface area contributed by atoms with Crippen molar-refractivity contribution in [2.24, 2.45) is 0 Å². The van der Waals surface area contributed by atoms with E-state index in [1.165, 1.54) is 11.0 Å². The molecule has 0 unspecified atom stereocenters. The predicted molar refractivity (Wildman–Crippen MR) is 101 cm³/mol. The van der Waals surface area contributed by atoms with Gasteiger partial charge in [0.15, 0.2) is 5.52 Å². The molecule has 1 aliphatic rings. The summed E-state index contributed by atoms with van der Waals surface area (Å²) in [6.07, 6.45) is 3.40. The average molecular weight is 348 g/mol. The Labute approximate surface area is 152 Å². The van der Waals surface area contributed by atoms with Gasteiger partial charge in [0.1, 0.15) is 6.54 Å². The minimum Gasteiger partial charge on any atom is -0.396 e. The topological polar surface area (TPSA) is 60.3 Å². The van der Waals surface area contributed by atoms with Crippen LogP contribution in [0.3, 0.4) is 0 Å². The van der Waals surface area contributed by atoms with Gasteiger partial charge in [0, 0.05) is 13.1 Å². The Kier molecular flexibility index (Phi) is 5.25. The Morgan fingerprint density at radius 3 is 2.31 bits per heavy atom. The third kappa shape index (κ3) is 3.15. The lowest BCUT2D eigenvalue weighted by Gasteiger charge is -2.27. The van der Waals surface area contributed by atoms with Gasteiger partial charge >= 0.3 is 11.5 Å². The van der Waals surface area contributed by atoms with Crippen LogP contribution in [-0.4, -0.2) is 32.2 Å². The highest BCUT2D eigenvalue weighted by Gasteiger charge is 2.25. The number of piperidine rings is 1. The predicted octanol–water partition coefficient (Wildman–Crippen LogP) is 2.18. The fourth-order valence-corrected chi connectivity index (χ4v) is 3.12. The molecule has 1 aliphatic heterocycles.